The maximum absolute atomic E-state index is 5.52. The van der Waals surface area contributed by atoms with Crippen LogP contribution in [0.15, 0.2) is 12.4 Å². The van der Waals surface area contributed by atoms with E-state index in [1.807, 2.05) is 0 Å². The smallest absolute Gasteiger partial charge is 0.131 e. The van der Waals surface area contributed by atoms with E-state index in [2.05, 4.69) is 29.1 Å². The first-order valence-electron chi connectivity index (χ1n) is 5.57. The molecule has 0 fully saturated rings. The fraction of sp³-hybridized carbons (Fsp3) is 0.636. The van der Waals surface area contributed by atoms with Crippen LogP contribution in [0.3, 0.4) is 0 Å². The Morgan fingerprint density at radius 2 is 2.19 bits per heavy atom. The Morgan fingerprint density at radius 3 is 2.88 bits per heavy atom. The van der Waals surface area contributed by atoms with Crippen molar-refractivity contribution in [1.29, 1.82) is 0 Å². The SMILES string of the molecule is CC(C)CCOCCNc1cc(N)ncn1. The van der Waals surface area contributed by atoms with Gasteiger partial charge in [-0.2, -0.15) is 0 Å². The minimum absolute atomic E-state index is 0.471. The summed E-state index contributed by atoms with van der Waals surface area (Å²) in [6, 6.07) is 1.70. The molecule has 1 aromatic heterocycles. The fourth-order valence-corrected chi connectivity index (χ4v) is 1.14. The highest BCUT2D eigenvalue weighted by Crippen LogP contribution is 2.04. The lowest BCUT2D eigenvalue weighted by Crippen LogP contribution is -2.12. The molecule has 0 atom stereocenters. The topological polar surface area (TPSA) is 73.1 Å². The highest BCUT2D eigenvalue weighted by atomic mass is 16.5. The average molecular weight is 224 g/mol. The summed E-state index contributed by atoms with van der Waals surface area (Å²) in [6.07, 6.45) is 2.54. The molecule has 5 nitrogen and oxygen atoms in total. The molecule has 0 saturated heterocycles. The number of nitrogen functional groups attached to an aromatic ring is 1. The van der Waals surface area contributed by atoms with Gasteiger partial charge in [0.15, 0.2) is 0 Å². The molecule has 0 aliphatic carbocycles. The van der Waals surface area contributed by atoms with Gasteiger partial charge in [-0.1, -0.05) is 13.8 Å². The number of nitrogens with zero attached hydrogens (tertiary/aromatic N) is 2. The Balaban J connectivity index is 2.07. The van der Waals surface area contributed by atoms with E-state index in [9.17, 15) is 0 Å². The molecule has 1 aromatic rings. The van der Waals surface area contributed by atoms with Crippen molar-refractivity contribution in [2.24, 2.45) is 5.92 Å². The van der Waals surface area contributed by atoms with Gasteiger partial charge < -0.3 is 15.8 Å². The Labute approximate surface area is 96.4 Å². The normalized spacial score (nSPS) is 10.7. The van der Waals surface area contributed by atoms with Crippen molar-refractivity contribution in [2.45, 2.75) is 20.3 Å². The predicted octanol–water partition coefficient (Wildman–Crippen LogP) is 1.53. The first-order chi connectivity index (χ1) is 7.68. The molecule has 0 bridgehead atoms. The lowest BCUT2D eigenvalue weighted by Gasteiger charge is -2.08. The van der Waals surface area contributed by atoms with Gasteiger partial charge in [-0.3, -0.25) is 0 Å². The van der Waals surface area contributed by atoms with Crippen LogP contribution < -0.4 is 11.1 Å². The summed E-state index contributed by atoms with van der Waals surface area (Å²) in [5.41, 5.74) is 5.52. The van der Waals surface area contributed by atoms with E-state index in [0.29, 0.717) is 18.3 Å². The molecule has 0 radical (unpaired) electrons. The number of nitrogens with one attached hydrogen (secondary N) is 1. The van der Waals surface area contributed by atoms with Gasteiger partial charge in [0.2, 0.25) is 0 Å². The summed E-state index contributed by atoms with van der Waals surface area (Å²) in [7, 11) is 0. The molecule has 90 valence electrons. The summed E-state index contributed by atoms with van der Waals surface area (Å²) >= 11 is 0. The van der Waals surface area contributed by atoms with Crippen LogP contribution in [0.5, 0.6) is 0 Å². The lowest BCUT2D eigenvalue weighted by atomic mass is 10.1. The van der Waals surface area contributed by atoms with Gasteiger partial charge in [0, 0.05) is 19.2 Å². The molecule has 0 aliphatic rings. The molecule has 0 aromatic carbocycles. The predicted molar refractivity (Wildman–Crippen MR) is 65.2 cm³/mol. The van der Waals surface area contributed by atoms with Crippen molar-refractivity contribution in [3.05, 3.63) is 12.4 Å². The number of anilines is 2. The van der Waals surface area contributed by atoms with Gasteiger partial charge in [-0.05, 0) is 12.3 Å². The third-order valence-electron chi connectivity index (χ3n) is 2.08. The van der Waals surface area contributed by atoms with Crippen LogP contribution in [-0.4, -0.2) is 29.7 Å². The quantitative estimate of drug-likeness (QED) is 0.687. The van der Waals surface area contributed by atoms with E-state index in [-0.39, 0.29) is 0 Å². The van der Waals surface area contributed by atoms with E-state index in [1.165, 1.54) is 6.33 Å². The van der Waals surface area contributed by atoms with E-state index in [4.69, 9.17) is 10.5 Å². The van der Waals surface area contributed by atoms with Crippen LogP contribution in [0.2, 0.25) is 0 Å². The molecule has 0 amide bonds. The van der Waals surface area contributed by atoms with E-state index >= 15 is 0 Å². The van der Waals surface area contributed by atoms with Crippen molar-refractivity contribution in [3.63, 3.8) is 0 Å². The van der Waals surface area contributed by atoms with Crippen LogP contribution in [0.1, 0.15) is 20.3 Å². The van der Waals surface area contributed by atoms with Gasteiger partial charge in [0.05, 0.1) is 6.61 Å². The van der Waals surface area contributed by atoms with Crippen LogP contribution in [0, 0.1) is 5.92 Å². The zero-order valence-corrected chi connectivity index (χ0v) is 9.94. The van der Waals surface area contributed by atoms with Gasteiger partial charge >= 0.3 is 0 Å². The maximum atomic E-state index is 5.52. The van der Waals surface area contributed by atoms with Crippen molar-refractivity contribution in [2.75, 3.05) is 30.8 Å². The lowest BCUT2D eigenvalue weighted by molar-refractivity contribution is 0.132. The standard InChI is InChI=1S/C11H20N4O/c1-9(2)3-5-16-6-4-13-11-7-10(12)14-8-15-11/h7-9H,3-6H2,1-2H3,(H3,12,13,14,15). The van der Waals surface area contributed by atoms with Crippen molar-refractivity contribution < 1.29 is 4.74 Å². The first-order valence-corrected chi connectivity index (χ1v) is 5.57. The highest BCUT2D eigenvalue weighted by molar-refractivity contribution is 5.42. The second kappa shape index (κ2) is 7.00. The number of hydrogen-bond acceptors (Lipinski definition) is 5. The van der Waals surface area contributed by atoms with Gasteiger partial charge in [-0.15, -0.1) is 0 Å². The maximum Gasteiger partial charge on any atom is 0.131 e. The minimum atomic E-state index is 0.471. The Morgan fingerprint density at radius 1 is 1.38 bits per heavy atom. The van der Waals surface area contributed by atoms with E-state index in [1.54, 1.807) is 6.07 Å². The third kappa shape index (κ3) is 5.50. The molecular formula is C11H20N4O. The largest absolute Gasteiger partial charge is 0.384 e. The second-order valence-electron chi connectivity index (χ2n) is 4.05. The summed E-state index contributed by atoms with van der Waals surface area (Å²) < 4.78 is 5.46. The molecule has 0 aliphatic heterocycles. The average Bonchev–Trinajstić information content (AvgIpc) is 2.23. The van der Waals surface area contributed by atoms with E-state index in [0.717, 1.165) is 25.4 Å². The molecule has 3 N–H and O–H groups in total. The highest BCUT2D eigenvalue weighted by Gasteiger charge is 1.96. The van der Waals surface area contributed by atoms with Gasteiger partial charge in [0.1, 0.15) is 18.0 Å². The van der Waals surface area contributed by atoms with Crippen molar-refractivity contribution in [1.82, 2.24) is 9.97 Å². The fourth-order valence-electron chi connectivity index (χ4n) is 1.14. The Kier molecular flexibility index (Phi) is 5.56. The van der Waals surface area contributed by atoms with Crippen LogP contribution in [0.4, 0.5) is 11.6 Å². The number of ether oxygens (including phenoxy) is 1. The molecule has 0 saturated carbocycles. The van der Waals surface area contributed by atoms with Crippen LogP contribution >= 0.6 is 0 Å². The number of nitrogens with two attached hydrogens (primary N) is 1. The Hall–Kier alpha value is -1.36. The molecule has 0 unspecified atom stereocenters. The molecule has 16 heavy (non-hydrogen) atoms. The second-order valence-corrected chi connectivity index (χ2v) is 4.05. The number of rotatable bonds is 7. The summed E-state index contributed by atoms with van der Waals surface area (Å²) in [5, 5.41) is 3.12. The molecular weight excluding hydrogens is 204 g/mol. The monoisotopic (exact) mass is 224 g/mol. The summed E-state index contributed by atoms with van der Waals surface area (Å²) in [6.45, 7) is 6.59. The van der Waals surface area contributed by atoms with Gasteiger partial charge in [-0.25, -0.2) is 9.97 Å². The zero-order chi connectivity index (χ0) is 11.8. The molecule has 1 heterocycles. The van der Waals surface area contributed by atoms with Crippen molar-refractivity contribution >= 4 is 11.6 Å². The minimum Gasteiger partial charge on any atom is -0.384 e. The molecule has 0 spiro atoms. The third-order valence-corrected chi connectivity index (χ3v) is 2.08. The Bertz CT molecular complexity index is 304. The van der Waals surface area contributed by atoms with Crippen LogP contribution in [-0.2, 0) is 4.74 Å². The molecule has 1 rings (SSSR count). The summed E-state index contributed by atoms with van der Waals surface area (Å²) in [4.78, 5) is 7.84. The van der Waals surface area contributed by atoms with Gasteiger partial charge in [0.25, 0.3) is 0 Å². The molecule has 5 heteroatoms. The first kappa shape index (κ1) is 12.7. The van der Waals surface area contributed by atoms with E-state index < -0.39 is 0 Å². The number of hydrogen-bond donors (Lipinski definition) is 2. The summed E-state index contributed by atoms with van der Waals surface area (Å²) in [5.74, 6) is 1.90. The number of aromatic nitrogens is 2. The van der Waals surface area contributed by atoms with Crippen LogP contribution in [0.25, 0.3) is 0 Å². The van der Waals surface area contributed by atoms with Crippen molar-refractivity contribution in [3.8, 4) is 0 Å². The zero-order valence-electron chi connectivity index (χ0n) is 9.94.